The molecule has 0 bridgehead atoms. The molecule has 1 aromatic heterocycles. The van der Waals surface area contributed by atoms with Gasteiger partial charge in [0.1, 0.15) is 6.10 Å². The van der Waals surface area contributed by atoms with Crippen LogP contribution in [0.5, 0.6) is 0 Å². The van der Waals surface area contributed by atoms with E-state index in [1.165, 1.54) is 11.1 Å². The van der Waals surface area contributed by atoms with Gasteiger partial charge in [-0.2, -0.15) is 5.10 Å². The zero-order valence-corrected chi connectivity index (χ0v) is 14.7. The smallest absolute Gasteiger partial charge is 0.250 e. The molecule has 1 amide bonds. The van der Waals surface area contributed by atoms with Crippen LogP contribution < -0.4 is 5.32 Å². The van der Waals surface area contributed by atoms with Crippen molar-refractivity contribution in [3.63, 3.8) is 0 Å². The largest absolute Gasteiger partial charge is 0.366 e. The second kappa shape index (κ2) is 8.78. The van der Waals surface area contributed by atoms with E-state index in [1.807, 2.05) is 31.3 Å². The third kappa shape index (κ3) is 5.14. The van der Waals surface area contributed by atoms with Crippen LogP contribution in [0.1, 0.15) is 23.2 Å². The molecule has 1 atom stereocenters. The predicted molar refractivity (Wildman–Crippen MR) is 96.1 cm³/mol. The summed E-state index contributed by atoms with van der Waals surface area (Å²) in [4.78, 5) is 14.6. The standard InChI is InChI=1S/C19H26N4O2/c1-15-17(12-21-22-15)8-5-9-20-19(24)18-14-23(10-11-25-18)13-16-6-3-2-4-7-16/h2-4,6-7,12,18H,5,8-11,13-14H2,1H3,(H,20,24)(H,21,22)/t18-/m0/s1. The lowest BCUT2D eigenvalue weighted by atomic mass is 10.1. The molecule has 0 radical (unpaired) electrons. The molecule has 1 aromatic carbocycles. The molecule has 25 heavy (non-hydrogen) atoms. The van der Waals surface area contributed by atoms with Crippen molar-refractivity contribution in [1.29, 1.82) is 0 Å². The Labute approximate surface area is 148 Å². The molecule has 6 heteroatoms. The van der Waals surface area contributed by atoms with Crippen LogP contribution in [0.4, 0.5) is 0 Å². The van der Waals surface area contributed by atoms with Gasteiger partial charge in [-0.05, 0) is 30.9 Å². The van der Waals surface area contributed by atoms with Gasteiger partial charge in [-0.3, -0.25) is 14.8 Å². The van der Waals surface area contributed by atoms with E-state index in [-0.39, 0.29) is 12.0 Å². The molecule has 0 saturated carbocycles. The second-order valence-electron chi connectivity index (χ2n) is 6.49. The van der Waals surface area contributed by atoms with Crippen LogP contribution in [0, 0.1) is 6.92 Å². The maximum atomic E-state index is 12.3. The Morgan fingerprint density at radius 3 is 3.00 bits per heavy atom. The minimum Gasteiger partial charge on any atom is -0.366 e. The van der Waals surface area contributed by atoms with Crippen LogP contribution in [0.25, 0.3) is 0 Å². The normalized spacial score (nSPS) is 18.2. The zero-order chi connectivity index (χ0) is 17.5. The quantitative estimate of drug-likeness (QED) is 0.751. The lowest BCUT2D eigenvalue weighted by Crippen LogP contribution is -2.49. The van der Waals surface area contributed by atoms with Crippen LogP contribution in [0.2, 0.25) is 0 Å². The van der Waals surface area contributed by atoms with Crippen LogP contribution in [-0.4, -0.2) is 53.3 Å². The van der Waals surface area contributed by atoms with Gasteiger partial charge in [0.05, 0.1) is 12.8 Å². The van der Waals surface area contributed by atoms with E-state index in [4.69, 9.17) is 4.74 Å². The minimum absolute atomic E-state index is 0.0123. The number of nitrogens with zero attached hydrogens (tertiary/aromatic N) is 2. The van der Waals surface area contributed by atoms with Gasteiger partial charge in [-0.1, -0.05) is 30.3 Å². The van der Waals surface area contributed by atoms with Crippen molar-refractivity contribution < 1.29 is 9.53 Å². The van der Waals surface area contributed by atoms with E-state index in [9.17, 15) is 4.79 Å². The van der Waals surface area contributed by atoms with Crippen molar-refractivity contribution in [2.75, 3.05) is 26.2 Å². The van der Waals surface area contributed by atoms with Crippen molar-refractivity contribution in [2.45, 2.75) is 32.4 Å². The fraction of sp³-hybridized carbons (Fsp3) is 0.474. The van der Waals surface area contributed by atoms with Crippen molar-refractivity contribution in [3.8, 4) is 0 Å². The number of amides is 1. The summed E-state index contributed by atoms with van der Waals surface area (Å²) in [6, 6.07) is 10.3. The molecule has 1 fully saturated rings. The number of nitrogens with one attached hydrogen (secondary N) is 2. The summed E-state index contributed by atoms with van der Waals surface area (Å²) in [6.45, 7) is 5.62. The lowest BCUT2D eigenvalue weighted by Gasteiger charge is -2.32. The summed E-state index contributed by atoms with van der Waals surface area (Å²) in [7, 11) is 0. The lowest BCUT2D eigenvalue weighted by molar-refractivity contribution is -0.138. The maximum Gasteiger partial charge on any atom is 0.250 e. The van der Waals surface area contributed by atoms with Crippen molar-refractivity contribution in [2.24, 2.45) is 0 Å². The Morgan fingerprint density at radius 2 is 2.24 bits per heavy atom. The Kier molecular flexibility index (Phi) is 6.19. The van der Waals surface area contributed by atoms with E-state index < -0.39 is 0 Å². The fourth-order valence-corrected chi connectivity index (χ4v) is 3.08. The summed E-state index contributed by atoms with van der Waals surface area (Å²) in [5, 5.41) is 9.94. The van der Waals surface area contributed by atoms with E-state index >= 15 is 0 Å². The first-order chi connectivity index (χ1) is 12.2. The van der Waals surface area contributed by atoms with E-state index in [0.717, 1.165) is 31.6 Å². The third-order valence-electron chi connectivity index (χ3n) is 4.55. The fourth-order valence-electron chi connectivity index (χ4n) is 3.08. The highest BCUT2D eigenvalue weighted by atomic mass is 16.5. The molecule has 2 heterocycles. The van der Waals surface area contributed by atoms with Gasteiger partial charge in [0.2, 0.25) is 5.91 Å². The number of carbonyl (C=O) groups is 1. The number of aryl methyl sites for hydroxylation is 2. The molecule has 6 nitrogen and oxygen atoms in total. The van der Waals surface area contributed by atoms with Gasteiger partial charge in [0, 0.05) is 31.9 Å². The number of hydrogen-bond acceptors (Lipinski definition) is 4. The first-order valence-corrected chi connectivity index (χ1v) is 8.87. The molecule has 2 N–H and O–H groups in total. The molecule has 1 saturated heterocycles. The molecule has 3 rings (SSSR count). The predicted octanol–water partition coefficient (Wildman–Crippen LogP) is 1.67. The highest BCUT2D eigenvalue weighted by Gasteiger charge is 2.26. The number of morpholine rings is 1. The summed E-state index contributed by atoms with van der Waals surface area (Å²) < 4.78 is 5.66. The number of aromatic nitrogens is 2. The zero-order valence-electron chi connectivity index (χ0n) is 14.7. The van der Waals surface area contributed by atoms with E-state index in [1.54, 1.807) is 0 Å². The molecule has 134 valence electrons. The maximum absolute atomic E-state index is 12.3. The van der Waals surface area contributed by atoms with Gasteiger partial charge in [0.15, 0.2) is 0 Å². The monoisotopic (exact) mass is 342 g/mol. The number of ether oxygens (including phenoxy) is 1. The van der Waals surface area contributed by atoms with Gasteiger partial charge < -0.3 is 10.1 Å². The van der Waals surface area contributed by atoms with Gasteiger partial charge in [-0.15, -0.1) is 0 Å². The van der Waals surface area contributed by atoms with E-state index in [0.29, 0.717) is 19.7 Å². The van der Waals surface area contributed by atoms with Gasteiger partial charge in [0.25, 0.3) is 0 Å². The number of aromatic amines is 1. The Morgan fingerprint density at radius 1 is 1.40 bits per heavy atom. The van der Waals surface area contributed by atoms with Crippen molar-refractivity contribution in [3.05, 3.63) is 53.3 Å². The molecule has 2 aromatic rings. The first kappa shape index (κ1) is 17.6. The van der Waals surface area contributed by atoms with E-state index in [2.05, 4.69) is 32.5 Å². The average Bonchev–Trinajstić information content (AvgIpc) is 3.04. The molecule has 1 aliphatic rings. The summed E-state index contributed by atoms with van der Waals surface area (Å²) in [5.74, 6) is -0.0123. The van der Waals surface area contributed by atoms with Gasteiger partial charge >= 0.3 is 0 Å². The van der Waals surface area contributed by atoms with Crippen LogP contribution in [-0.2, 0) is 22.5 Å². The number of benzene rings is 1. The van der Waals surface area contributed by atoms with Gasteiger partial charge in [-0.25, -0.2) is 0 Å². The highest BCUT2D eigenvalue weighted by molar-refractivity contribution is 5.81. The number of H-pyrrole nitrogens is 1. The van der Waals surface area contributed by atoms with Crippen LogP contribution >= 0.6 is 0 Å². The van der Waals surface area contributed by atoms with Crippen molar-refractivity contribution in [1.82, 2.24) is 20.4 Å². The third-order valence-corrected chi connectivity index (χ3v) is 4.55. The molecule has 1 aliphatic heterocycles. The summed E-state index contributed by atoms with van der Waals surface area (Å²) in [5.41, 5.74) is 3.56. The molecular weight excluding hydrogens is 316 g/mol. The number of rotatable bonds is 7. The number of carbonyl (C=O) groups excluding carboxylic acids is 1. The SMILES string of the molecule is Cc1[nH]ncc1CCCNC(=O)[C@@H]1CN(Cc2ccccc2)CCO1. The van der Waals surface area contributed by atoms with Crippen LogP contribution in [0.15, 0.2) is 36.5 Å². The van der Waals surface area contributed by atoms with Crippen LogP contribution in [0.3, 0.4) is 0 Å². The highest BCUT2D eigenvalue weighted by Crippen LogP contribution is 2.11. The molecule has 0 spiro atoms. The topological polar surface area (TPSA) is 70.2 Å². The number of hydrogen-bond donors (Lipinski definition) is 2. The molecule has 0 aliphatic carbocycles. The summed E-state index contributed by atoms with van der Waals surface area (Å²) >= 11 is 0. The minimum atomic E-state index is -0.381. The molecular formula is C19H26N4O2. The Bertz CT molecular complexity index is 671. The Hall–Kier alpha value is -2.18. The Balaban J connectivity index is 1.40. The second-order valence-corrected chi connectivity index (χ2v) is 6.49. The van der Waals surface area contributed by atoms with Crippen molar-refractivity contribution >= 4 is 5.91 Å². The first-order valence-electron chi connectivity index (χ1n) is 8.87. The molecule has 0 unspecified atom stereocenters. The summed E-state index contributed by atoms with van der Waals surface area (Å²) in [6.07, 6.45) is 3.28. The average molecular weight is 342 g/mol.